The van der Waals surface area contributed by atoms with Crippen LogP contribution in [0.2, 0.25) is 0 Å². The maximum Gasteiger partial charge on any atom is 0.258 e. The zero-order chi connectivity index (χ0) is 20.1. The fourth-order valence-corrected chi connectivity index (χ4v) is 3.76. The van der Waals surface area contributed by atoms with Crippen LogP contribution in [0.4, 0.5) is 0 Å². The monoisotopic (exact) mass is 405 g/mol. The number of benzene rings is 3. The largest absolute Gasteiger partial charge is 0.484 e. The predicted molar refractivity (Wildman–Crippen MR) is 119 cm³/mol. The van der Waals surface area contributed by atoms with Crippen LogP contribution in [-0.2, 0) is 4.79 Å². The van der Waals surface area contributed by atoms with Crippen LogP contribution in [0.5, 0.6) is 5.75 Å². The number of rotatable bonds is 8. The molecule has 0 fully saturated rings. The average Bonchev–Trinajstić information content (AvgIpc) is 3.19. The Bertz CT molecular complexity index is 1090. The first-order valence-electron chi connectivity index (χ1n) is 9.57. The lowest BCUT2D eigenvalue weighted by atomic mass is 10.1. The number of imidazole rings is 1. The minimum atomic E-state index is -0.178. The number of amides is 1. The van der Waals surface area contributed by atoms with Gasteiger partial charge in [0.15, 0.2) is 6.61 Å². The van der Waals surface area contributed by atoms with Crippen molar-refractivity contribution in [1.29, 1.82) is 0 Å². The number of hydrogen-bond acceptors (Lipinski definition) is 4. The number of para-hydroxylation sites is 2. The highest BCUT2D eigenvalue weighted by atomic mass is 32.2. The zero-order valence-corrected chi connectivity index (χ0v) is 17.0. The topological polar surface area (TPSA) is 67.0 Å². The fraction of sp³-hybridized carbons (Fsp3) is 0.217. The Morgan fingerprint density at radius 1 is 1.10 bits per heavy atom. The van der Waals surface area contributed by atoms with Crippen LogP contribution < -0.4 is 10.1 Å². The van der Waals surface area contributed by atoms with Gasteiger partial charge in [-0.15, -0.1) is 0 Å². The molecule has 5 nitrogen and oxygen atoms in total. The molecule has 1 heterocycles. The molecule has 0 saturated carbocycles. The summed E-state index contributed by atoms with van der Waals surface area (Å²) in [5.41, 5.74) is 1.87. The van der Waals surface area contributed by atoms with Gasteiger partial charge in [0.25, 0.3) is 5.91 Å². The molecule has 3 aromatic carbocycles. The van der Waals surface area contributed by atoms with Gasteiger partial charge in [-0.2, -0.15) is 11.8 Å². The molecular weight excluding hydrogens is 382 g/mol. The Hall–Kier alpha value is -2.99. The van der Waals surface area contributed by atoms with E-state index in [2.05, 4.69) is 27.6 Å². The summed E-state index contributed by atoms with van der Waals surface area (Å²) >= 11 is 1.75. The van der Waals surface area contributed by atoms with Crippen LogP contribution in [0.3, 0.4) is 0 Å². The molecule has 2 N–H and O–H groups in total. The first-order valence-corrected chi connectivity index (χ1v) is 11.0. The van der Waals surface area contributed by atoms with E-state index in [4.69, 9.17) is 4.74 Å². The van der Waals surface area contributed by atoms with Crippen molar-refractivity contribution in [3.05, 3.63) is 72.6 Å². The van der Waals surface area contributed by atoms with Gasteiger partial charge in [0.2, 0.25) is 0 Å². The summed E-state index contributed by atoms with van der Waals surface area (Å²) in [7, 11) is 0. The second kappa shape index (κ2) is 9.01. The molecule has 0 aliphatic rings. The van der Waals surface area contributed by atoms with Crippen molar-refractivity contribution in [2.24, 2.45) is 0 Å². The van der Waals surface area contributed by atoms with Gasteiger partial charge in [-0.05, 0) is 53.5 Å². The predicted octanol–water partition coefficient (Wildman–Crippen LogP) is 4.71. The SMILES string of the molecule is CSCC[C@H](NC(=O)COc1ccc2ccccc2c1)c1nc2ccccc2[nH]1. The van der Waals surface area contributed by atoms with Gasteiger partial charge < -0.3 is 15.0 Å². The van der Waals surface area contributed by atoms with E-state index in [0.29, 0.717) is 5.75 Å². The summed E-state index contributed by atoms with van der Waals surface area (Å²) in [6.07, 6.45) is 2.85. The van der Waals surface area contributed by atoms with Crippen LogP contribution in [-0.4, -0.2) is 34.5 Å². The number of nitrogens with zero attached hydrogens (tertiary/aromatic N) is 1. The Morgan fingerprint density at radius 2 is 1.90 bits per heavy atom. The summed E-state index contributed by atoms with van der Waals surface area (Å²) < 4.78 is 5.73. The zero-order valence-electron chi connectivity index (χ0n) is 16.2. The molecule has 0 bridgehead atoms. The van der Waals surface area contributed by atoms with Crippen LogP contribution in [0.1, 0.15) is 18.3 Å². The van der Waals surface area contributed by atoms with Gasteiger partial charge in [-0.1, -0.05) is 42.5 Å². The number of H-pyrrole nitrogens is 1. The van der Waals surface area contributed by atoms with Crippen molar-refractivity contribution in [3.63, 3.8) is 0 Å². The maximum atomic E-state index is 12.6. The highest BCUT2D eigenvalue weighted by Gasteiger charge is 2.18. The number of fused-ring (bicyclic) bond motifs is 2. The molecule has 0 spiro atoms. The Balaban J connectivity index is 1.42. The van der Waals surface area contributed by atoms with E-state index < -0.39 is 0 Å². The number of ether oxygens (including phenoxy) is 1. The van der Waals surface area contributed by atoms with Crippen molar-refractivity contribution in [2.45, 2.75) is 12.5 Å². The number of nitrogens with one attached hydrogen (secondary N) is 2. The number of carbonyl (C=O) groups excluding carboxylic acids is 1. The highest BCUT2D eigenvalue weighted by Crippen LogP contribution is 2.22. The van der Waals surface area contributed by atoms with E-state index in [1.807, 2.05) is 60.7 Å². The molecule has 0 aliphatic carbocycles. The summed E-state index contributed by atoms with van der Waals surface area (Å²) in [6.45, 7) is -0.0334. The van der Waals surface area contributed by atoms with Crippen LogP contribution in [0, 0.1) is 0 Å². The quantitative estimate of drug-likeness (QED) is 0.446. The lowest BCUT2D eigenvalue weighted by Crippen LogP contribution is -2.33. The fourth-order valence-electron chi connectivity index (χ4n) is 3.29. The van der Waals surface area contributed by atoms with E-state index in [1.165, 1.54) is 0 Å². The summed E-state index contributed by atoms with van der Waals surface area (Å²) in [5.74, 6) is 2.22. The van der Waals surface area contributed by atoms with E-state index >= 15 is 0 Å². The van der Waals surface area contributed by atoms with E-state index in [1.54, 1.807) is 11.8 Å². The Labute approximate surface area is 173 Å². The van der Waals surface area contributed by atoms with Crippen LogP contribution in [0.25, 0.3) is 21.8 Å². The summed E-state index contributed by atoms with van der Waals surface area (Å²) in [4.78, 5) is 20.5. The Kier molecular flexibility index (Phi) is 6.00. The second-order valence-electron chi connectivity index (χ2n) is 6.84. The maximum absolute atomic E-state index is 12.6. The first kappa shape index (κ1) is 19.3. The standard InChI is InChI=1S/C23H23N3O2S/c1-29-13-12-21(23-25-19-8-4-5-9-20(19)26-23)24-22(27)15-28-18-11-10-16-6-2-3-7-17(16)14-18/h2-11,14,21H,12-13,15H2,1H3,(H,24,27)(H,25,26)/t21-/m0/s1. The molecule has 4 rings (SSSR count). The van der Waals surface area contributed by atoms with E-state index in [0.717, 1.165) is 39.8 Å². The molecule has 29 heavy (non-hydrogen) atoms. The minimum Gasteiger partial charge on any atom is -0.484 e. The molecule has 0 aliphatic heterocycles. The van der Waals surface area contributed by atoms with Crippen molar-refractivity contribution in [1.82, 2.24) is 15.3 Å². The molecule has 6 heteroatoms. The number of aromatic nitrogens is 2. The number of thioether (sulfide) groups is 1. The van der Waals surface area contributed by atoms with Gasteiger partial charge in [-0.3, -0.25) is 4.79 Å². The normalized spacial score (nSPS) is 12.2. The minimum absolute atomic E-state index is 0.0334. The third kappa shape index (κ3) is 4.71. The molecule has 4 aromatic rings. The molecule has 1 aromatic heterocycles. The van der Waals surface area contributed by atoms with Crippen LogP contribution >= 0.6 is 11.8 Å². The second-order valence-corrected chi connectivity index (χ2v) is 7.82. The van der Waals surface area contributed by atoms with Gasteiger partial charge in [-0.25, -0.2) is 4.98 Å². The number of hydrogen-bond donors (Lipinski definition) is 2. The van der Waals surface area contributed by atoms with Gasteiger partial charge >= 0.3 is 0 Å². The molecule has 1 amide bonds. The number of carbonyl (C=O) groups is 1. The summed E-state index contributed by atoms with van der Waals surface area (Å²) in [5, 5.41) is 5.30. The lowest BCUT2D eigenvalue weighted by molar-refractivity contribution is -0.123. The molecule has 148 valence electrons. The van der Waals surface area contributed by atoms with Gasteiger partial charge in [0.1, 0.15) is 11.6 Å². The van der Waals surface area contributed by atoms with E-state index in [9.17, 15) is 4.79 Å². The first-order chi connectivity index (χ1) is 14.2. The van der Waals surface area contributed by atoms with Crippen molar-refractivity contribution >= 4 is 39.5 Å². The smallest absolute Gasteiger partial charge is 0.258 e. The Morgan fingerprint density at radius 3 is 2.72 bits per heavy atom. The highest BCUT2D eigenvalue weighted by molar-refractivity contribution is 7.98. The molecule has 0 saturated heterocycles. The number of aromatic amines is 1. The van der Waals surface area contributed by atoms with Gasteiger partial charge in [0.05, 0.1) is 17.1 Å². The van der Waals surface area contributed by atoms with Gasteiger partial charge in [0, 0.05) is 0 Å². The van der Waals surface area contributed by atoms with E-state index in [-0.39, 0.29) is 18.6 Å². The average molecular weight is 406 g/mol. The van der Waals surface area contributed by atoms with Crippen molar-refractivity contribution < 1.29 is 9.53 Å². The van der Waals surface area contributed by atoms with Crippen molar-refractivity contribution in [2.75, 3.05) is 18.6 Å². The third-order valence-corrected chi connectivity index (χ3v) is 5.42. The lowest BCUT2D eigenvalue weighted by Gasteiger charge is -2.16. The van der Waals surface area contributed by atoms with Crippen molar-refractivity contribution in [3.8, 4) is 5.75 Å². The third-order valence-electron chi connectivity index (χ3n) is 4.77. The molecule has 0 radical (unpaired) electrons. The summed E-state index contributed by atoms with van der Waals surface area (Å²) in [6, 6.07) is 21.6. The molecular formula is C23H23N3O2S. The molecule has 1 atom stereocenters. The molecule has 0 unspecified atom stereocenters. The van der Waals surface area contributed by atoms with Crippen LogP contribution in [0.15, 0.2) is 66.7 Å².